The molecular formula is C9H9N4. The molecule has 4 heteroatoms. The van der Waals surface area contributed by atoms with E-state index in [1.54, 1.807) is 0 Å². The lowest BCUT2D eigenvalue weighted by Crippen LogP contribution is -2.03. The van der Waals surface area contributed by atoms with Gasteiger partial charge in [0.25, 0.3) is 0 Å². The maximum Gasteiger partial charge on any atom is 0.245 e. The van der Waals surface area contributed by atoms with Crippen molar-refractivity contribution in [3.63, 3.8) is 0 Å². The summed E-state index contributed by atoms with van der Waals surface area (Å²) in [4.78, 5) is 1.51. The first-order valence-corrected chi connectivity index (χ1v) is 4.04. The lowest BCUT2D eigenvalue weighted by molar-refractivity contribution is 0.572. The van der Waals surface area contributed by atoms with E-state index < -0.39 is 0 Å². The Morgan fingerprint density at radius 1 is 1.46 bits per heavy atom. The van der Waals surface area contributed by atoms with Crippen LogP contribution in [-0.4, -0.2) is 20.2 Å². The van der Waals surface area contributed by atoms with Crippen LogP contribution >= 0.6 is 0 Å². The third-order valence-corrected chi connectivity index (χ3v) is 1.76. The van der Waals surface area contributed by atoms with Crippen LogP contribution in [0.15, 0.2) is 24.3 Å². The zero-order valence-electron chi connectivity index (χ0n) is 7.31. The van der Waals surface area contributed by atoms with E-state index in [2.05, 4.69) is 40.8 Å². The van der Waals surface area contributed by atoms with Crippen molar-refractivity contribution in [2.75, 3.05) is 0 Å². The van der Waals surface area contributed by atoms with Gasteiger partial charge in [0.2, 0.25) is 6.33 Å². The van der Waals surface area contributed by atoms with E-state index >= 15 is 0 Å². The fraction of sp³-hybridized carbons (Fsp3) is 0.222. The highest BCUT2D eigenvalue weighted by molar-refractivity contribution is 5.21. The minimum absolute atomic E-state index is 0.651. The Hall–Kier alpha value is -1.71. The van der Waals surface area contributed by atoms with E-state index in [-0.39, 0.29) is 0 Å². The molecule has 13 heavy (non-hydrogen) atoms. The van der Waals surface area contributed by atoms with Crippen LogP contribution in [0.3, 0.4) is 0 Å². The van der Waals surface area contributed by atoms with Crippen LogP contribution in [0.2, 0.25) is 0 Å². The Bertz CT molecular complexity index is 380. The molecule has 0 amide bonds. The third-order valence-electron chi connectivity index (χ3n) is 1.76. The molecule has 0 N–H and O–H groups in total. The molecule has 0 aliphatic rings. The van der Waals surface area contributed by atoms with Crippen LogP contribution in [-0.2, 0) is 6.54 Å². The van der Waals surface area contributed by atoms with E-state index in [4.69, 9.17) is 0 Å². The Labute approximate surface area is 76.2 Å². The Balaban J connectivity index is 2.19. The summed E-state index contributed by atoms with van der Waals surface area (Å²) in [6.07, 6.45) is 2.42. The first-order chi connectivity index (χ1) is 6.34. The fourth-order valence-electron chi connectivity index (χ4n) is 1.20. The predicted octanol–water partition coefficient (Wildman–Crippen LogP) is 0.830. The monoisotopic (exact) mass is 173 g/mol. The average molecular weight is 173 g/mol. The summed E-state index contributed by atoms with van der Waals surface area (Å²) >= 11 is 0. The molecule has 1 aromatic heterocycles. The lowest BCUT2D eigenvalue weighted by atomic mass is 10.1. The number of benzene rings is 1. The van der Waals surface area contributed by atoms with Gasteiger partial charge in [-0.1, -0.05) is 29.8 Å². The van der Waals surface area contributed by atoms with E-state index in [0.717, 1.165) is 0 Å². The van der Waals surface area contributed by atoms with Gasteiger partial charge in [-0.05, 0) is 17.7 Å². The summed E-state index contributed by atoms with van der Waals surface area (Å²) in [6, 6.07) is 8.22. The molecule has 4 nitrogen and oxygen atoms in total. The zero-order chi connectivity index (χ0) is 9.10. The van der Waals surface area contributed by atoms with Crippen molar-refractivity contribution < 1.29 is 0 Å². The summed E-state index contributed by atoms with van der Waals surface area (Å²) in [5.74, 6) is 0. The number of hydrogen-bond donors (Lipinski definition) is 0. The van der Waals surface area contributed by atoms with Crippen LogP contribution in [0, 0.1) is 13.3 Å². The molecule has 1 radical (unpaired) electrons. The number of aryl methyl sites for hydroxylation is 1. The molecule has 1 aromatic carbocycles. The van der Waals surface area contributed by atoms with Crippen molar-refractivity contribution in [2.45, 2.75) is 13.5 Å². The second kappa shape index (κ2) is 3.35. The summed E-state index contributed by atoms with van der Waals surface area (Å²) in [5.41, 5.74) is 2.41. The van der Waals surface area contributed by atoms with Gasteiger partial charge in [-0.15, -0.1) is 10.2 Å². The molecule has 0 aliphatic carbocycles. The van der Waals surface area contributed by atoms with Gasteiger partial charge >= 0.3 is 0 Å². The van der Waals surface area contributed by atoms with E-state index in [1.807, 2.05) is 12.1 Å². The summed E-state index contributed by atoms with van der Waals surface area (Å²) in [7, 11) is 0. The molecule has 0 saturated heterocycles. The fourth-order valence-corrected chi connectivity index (χ4v) is 1.20. The SMILES string of the molecule is Cc1cccc(Cn2n[c]nn2)c1. The van der Waals surface area contributed by atoms with Crippen molar-refractivity contribution in [1.29, 1.82) is 0 Å². The molecular weight excluding hydrogens is 164 g/mol. The molecule has 0 atom stereocenters. The van der Waals surface area contributed by atoms with Crippen molar-refractivity contribution in [2.24, 2.45) is 0 Å². The third kappa shape index (κ3) is 1.90. The normalized spacial score (nSPS) is 10.2. The number of tetrazole rings is 1. The highest BCUT2D eigenvalue weighted by Gasteiger charge is 1.96. The van der Waals surface area contributed by atoms with Crippen molar-refractivity contribution >= 4 is 0 Å². The molecule has 0 spiro atoms. The van der Waals surface area contributed by atoms with E-state index in [1.165, 1.54) is 15.9 Å². The molecule has 0 aliphatic heterocycles. The van der Waals surface area contributed by atoms with Gasteiger partial charge in [-0.3, -0.25) is 0 Å². The average Bonchev–Trinajstić information content (AvgIpc) is 2.57. The molecule has 0 fully saturated rings. The number of hydrogen-bond acceptors (Lipinski definition) is 3. The second-order valence-corrected chi connectivity index (χ2v) is 2.91. The Morgan fingerprint density at radius 2 is 2.38 bits per heavy atom. The lowest BCUT2D eigenvalue weighted by Gasteiger charge is -1.99. The molecule has 2 aromatic rings. The number of nitrogens with zero attached hydrogens (tertiary/aromatic N) is 4. The summed E-state index contributed by atoms with van der Waals surface area (Å²) in [6.45, 7) is 2.71. The predicted molar refractivity (Wildman–Crippen MR) is 46.9 cm³/mol. The molecule has 0 saturated carbocycles. The Kier molecular flexibility index (Phi) is 2.04. The van der Waals surface area contributed by atoms with Gasteiger partial charge in [-0.25, -0.2) is 0 Å². The second-order valence-electron chi connectivity index (χ2n) is 2.91. The molecule has 1 heterocycles. The van der Waals surface area contributed by atoms with Crippen LogP contribution < -0.4 is 0 Å². The quantitative estimate of drug-likeness (QED) is 0.675. The summed E-state index contributed by atoms with van der Waals surface area (Å²) < 4.78 is 0. The highest BCUT2D eigenvalue weighted by Crippen LogP contribution is 2.04. The zero-order valence-corrected chi connectivity index (χ0v) is 7.31. The number of aromatic nitrogens is 4. The van der Waals surface area contributed by atoms with Gasteiger partial charge < -0.3 is 0 Å². The standard InChI is InChI=1S/C9H9N4/c1-8-3-2-4-9(5-8)6-13-11-7-10-12-13/h2-5H,6H2,1H3. The van der Waals surface area contributed by atoms with Gasteiger partial charge in [0.1, 0.15) is 0 Å². The topological polar surface area (TPSA) is 43.6 Å². The first-order valence-electron chi connectivity index (χ1n) is 4.04. The number of rotatable bonds is 2. The maximum atomic E-state index is 3.81. The van der Waals surface area contributed by atoms with Crippen LogP contribution in [0.25, 0.3) is 0 Å². The van der Waals surface area contributed by atoms with Crippen LogP contribution in [0.1, 0.15) is 11.1 Å². The van der Waals surface area contributed by atoms with Crippen molar-refractivity contribution in [3.05, 3.63) is 41.7 Å². The molecule has 0 unspecified atom stereocenters. The molecule has 65 valence electrons. The van der Waals surface area contributed by atoms with Crippen molar-refractivity contribution in [3.8, 4) is 0 Å². The maximum absolute atomic E-state index is 3.81. The van der Waals surface area contributed by atoms with E-state index in [0.29, 0.717) is 6.54 Å². The van der Waals surface area contributed by atoms with Crippen molar-refractivity contribution in [1.82, 2.24) is 20.2 Å². The minimum Gasteiger partial charge on any atom is -0.159 e. The Morgan fingerprint density at radius 3 is 3.08 bits per heavy atom. The highest BCUT2D eigenvalue weighted by atomic mass is 15.6. The summed E-state index contributed by atoms with van der Waals surface area (Å²) in [5, 5.41) is 11.1. The minimum atomic E-state index is 0.651. The first kappa shape index (κ1) is 7.91. The molecule has 2 rings (SSSR count). The van der Waals surface area contributed by atoms with Crippen LogP contribution in [0.5, 0.6) is 0 Å². The largest absolute Gasteiger partial charge is 0.245 e. The van der Waals surface area contributed by atoms with Gasteiger partial charge in [0, 0.05) is 0 Å². The van der Waals surface area contributed by atoms with Gasteiger partial charge in [-0.2, -0.15) is 4.80 Å². The van der Waals surface area contributed by atoms with Crippen LogP contribution in [0.4, 0.5) is 0 Å². The van der Waals surface area contributed by atoms with Gasteiger partial charge in [0.05, 0.1) is 6.54 Å². The smallest absolute Gasteiger partial charge is 0.159 e. The molecule has 0 bridgehead atoms. The van der Waals surface area contributed by atoms with E-state index in [9.17, 15) is 0 Å². The van der Waals surface area contributed by atoms with Gasteiger partial charge in [0.15, 0.2) is 0 Å².